The SMILES string of the molecule is COc1cccc2ccc(-c3nnc4ccc([C@H](N5CCC(N)C5)C(F)(F)F)cn34)nc12. The number of alkyl halides is 3. The first-order valence-corrected chi connectivity index (χ1v) is 10.2. The predicted octanol–water partition coefficient (Wildman–Crippen LogP) is 3.59. The summed E-state index contributed by atoms with van der Waals surface area (Å²) in [5, 5.41) is 9.19. The average Bonchev–Trinajstić information content (AvgIpc) is 3.38. The van der Waals surface area contributed by atoms with Gasteiger partial charge in [-0.2, -0.15) is 13.2 Å². The van der Waals surface area contributed by atoms with E-state index in [1.165, 1.54) is 17.2 Å². The molecule has 32 heavy (non-hydrogen) atoms. The number of halogens is 3. The smallest absolute Gasteiger partial charge is 0.408 e. The number of methoxy groups -OCH3 is 1. The zero-order valence-electron chi connectivity index (χ0n) is 17.3. The number of aromatic nitrogens is 4. The van der Waals surface area contributed by atoms with Crippen molar-refractivity contribution in [3.63, 3.8) is 0 Å². The van der Waals surface area contributed by atoms with Gasteiger partial charge >= 0.3 is 6.18 Å². The minimum absolute atomic E-state index is 0.110. The summed E-state index contributed by atoms with van der Waals surface area (Å²) >= 11 is 0. The molecule has 166 valence electrons. The van der Waals surface area contributed by atoms with Crippen LogP contribution in [0, 0.1) is 0 Å². The maximum atomic E-state index is 14.0. The van der Waals surface area contributed by atoms with Crippen LogP contribution in [-0.4, -0.2) is 56.9 Å². The molecule has 0 spiro atoms. The van der Waals surface area contributed by atoms with Gasteiger partial charge in [0.25, 0.3) is 0 Å². The number of benzene rings is 1. The molecule has 2 N–H and O–H groups in total. The van der Waals surface area contributed by atoms with Crippen molar-refractivity contribution in [3.8, 4) is 17.3 Å². The number of hydrogen-bond acceptors (Lipinski definition) is 6. The third-order valence-electron chi connectivity index (χ3n) is 5.80. The van der Waals surface area contributed by atoms with Gasteiger partial charge in [0.15, 0.2) is 11.5 Å². The molecule has 4 heterocycles. The first-order chi connectivity index (χ1) is 15.3. The summed E-state index contributed by atoms with van der Waals surface area (Å²) in [4.78, 5) is 6.04. The van der Waals surface area contributed by atoms with E-state index >= 15 is 0 Å². The van der Waals surface area contributed by atoms with Gasteiger partial charge in [-0.1, -0.05) is 24.3 Å². The Hall–Kier alpha value is -3.24. The summed E-state index contributed by atoms with van der Waals surface area (Å²) < 4.78 is 49.1. The lowest BCUT2D eigenvalue weighted by Gasteiger charge is -2.30. The van der Waals surface area contributed by atoms with Crippen molar-refractivity contribution >= 4 is 16.6 Å². The molecule has 5 rings (SSSR count). The Balaban J connectivity index is 1.62. The van der Waals surface area contributed by atoms with E-state index < -0.39 is 12.2 Å². The highest BCUT2D eigenvalue weighted by Gasteiger charge is 2.46. The molecule has 0 amide bonds. The van der Waals surface area contributed by atoms with Crippen molar-refractivity contribution in [1.82, 2.24) is 24.5 Å². The van der Waals surface area contributed by atoms with E-state index in [-0.39, 0.29) is 18.2 Å². The summed E-state index contributed by atoms with van der Waals surface area (Å²) in [6.45, 7) is 0.494. The molecular weight excluding hydrogens is 421 g/mol. The maximum Gasteiger partial charge on any atom is 0.408 e. The van der Waals surface area contributed by atoms with Crippen molar-refractivity contribution in [3.05, 3.63) is 54.2 Å². The summed E-state index contributed by atoms with van der Waals surface area (Å²) in [7, 11) is 1.56. The van der Waals surface area contributed by atoms with E-state index in [9.17, 15) is 13.2 Å². The summed E-state index contributed by atoms with van der Waals surface area (Å²) in [5.74, 6) is 0.954. The van der Waals surface area contributed by atoms with Gasteiger partial charge in [-0.05, 0) is 30.2 Å². The fourth-order valence-corrected chi connectivity index (χ4v) is 4.31. The highest BCUT2D eigenvalue weighted by Crippen LogP contribution is 2.39. The lowest BCUT2D eigenvalue weighted by molar-refractivity contribution is -0.183. The van der Waals surface area contributed by atoms with Crippen molar-refractivity contribution in [1.29, 1.82) is 0 Å². The summed E-state index contributed by atoms with van der Waals surface area (Å²) in [5.41, 5.74) is 7.54. The van der Waals surface area contributed by atoms with Crippen molar-refractivity contribution in [2.24, 2.45) is 5.73 Å². The number of hydrogen-bond donors (Lipinski definition) is 1. The number of nitrogens with two attached hydrogens (primary N) is 1. The molecule has 7 nitrogen and oxygen atoms in total. The molecule has 10 heteroatoms. The Morgan fingerprint density at radius 1 is 1.12 bits per heavy atom. The molecule has 1 aliphatic rings. The van der Waals surface area contributed by atoms with Crippen LogP contribution in [0.1, 0.15) is 18.0 Å². The Morgan fingerprint density at radius 3 is 2.69 bits per heavy atom. The molecule has 1 saturated heterocycles. The first-order valence-electron chi connectivity index (χ1n) is 10.2. The molecule has 0 aliphatic carbocycles. The Bertz CT molecular complexity index is 1290. The van der Waals surface area contributed by atoms with E-state index in [2.05, 4.69) is 15.2 Å². The minimum atomic E-state index is -4.44. The molecule has 1 aromatic carbocycles. The van der Waals surface area contributed by atoms with Crippen LogP contribution in [0.5, 0.6) is 5.75 Å². The largest absolute Gasteiger partial charge is 0.494 e. The summed E-state index contributed by atoms with van der Waals surface area (Å²) in [6.07, 6.45) is -2.46. The molecular formula is C22H21F3N6O. The highest BCUT2D eigenvalue weighted by molar-refractivity contribution is 5.86. The maximum absolute atomic E-state index is 14.0. The number of ether oxygens (including phenoxy) is 1. The van der Waals surface area contributed by atoms with E-state index in [0.717, 1.165) is 5.39 Å². The van der Waals surface area contributed by atoms with Gasteiger partial charge < -0.3 is 10.5 Å². The fourth-order valence-electron chi connectivity index (χ4n) is 4.31. The molecule has 4 aromatic rings. The van der Waals surface area contributed by atoms with Gasteiger partial charge in [0.05, 0.1) is 7.11 Å². The monoisotopic (exact) mass is 442 g/mol. The molecule has 1 aliphatic heterocycles. The van der Waals surface area contributed by atoms with Crippen molar-refractivity contribution in [2.45, 2.75) is 24.7 Å². The van der Waals surface area contributed by atoms with Crippen LogP contribution in [0.3, 0.4) is 0 Å². The molecule has 0 bridgehead atoms. The quantitative estimate of drug-likeness (QED) is 0.520. The second-order valence-corrected chi connectivity index (χ2v) is 7.93. The second kappa shape index (κ2) is 7.72. The standard InChI is InChI=1S/C22H21F3N6O/c1-32-17-4-2-3-13-5-7-16(27-19(13)17)21-29-28-18-8-6-14(11-31(18)21)20(22(23,24)25)30-10-9-15(26)12-30/h2-8,11,15,20H,9-10,12,26H2,1H3/t15?,20-/m0/s1. The molecule has 0 radical (unpaired) electrons. The third-order valence-corrected chi connectivity index (χ3v) is 5.80. The van der Waals surface area contributed by atoms with Gasteiger partial charge in [0.2, 0.25) is 0 Å². The molecule has 1 fully saturated rings. The van der Waals surface area contributed by atoms with Crippen LogP contribution >= 0.6 is 0 Å². The molecule has 0 saturated carbocycles. The van der Waals surface area contributed by atoms with Gasteiger partial charge in [-0.25, -0.2) is 4.98 Å². The van der Waals surface area contributed by atoms with E-state index in [1.54, 1.807) is 29.7 Å². The van der Waals surface area contributed by atoms with Gasteiger partial charge in [0, 0.05) is 30.7 Å². The fraction of sp³-hybridized carbons (Fsp3) is 0.318. The minimum Gasteiger partial charge on any atom is -0.494 e. The second-order valence-electron chi connectivity index (χ2n) is 7.93. The van der Waals surface area contributed by atoms with Crippen LogP contribution in [0.25, 0.3) is 28.1 Å². The predicted molar refractivity (Wildman–Crippen MR) is 113 cm³/mol. The molecule has 1 unspecified atom stereocenters. The third kappa shape index (κ3) is 3.55. The number of nitrogens with zero attached hydrogens (tertiary/aromatic N) is 5. The van der Waals surface area contributed by atoms with Gasteiger partial charge in [-0.3, -0.25) is 9.30 Å². The first kappa shape index (κ1) is 20.7. The number of likely N-dealkylation sites (tertiary alicyclic amines) is 1. The lowest BCUT2D eigenvalue weighted by atomic mass is 10.1. The normalized spacial score (nSPS) is 18.5. The number of pyridine rings is 2. The van der Waals surface area contributed by atoms with E-state index in [4.69, 9.17) is 10.5 Å². The van der Waals surface area contributed by atoms with Crippen molar-refractivity contribution < 1.29 is 17.9 Å². The molecule has 3 aromatic heterocycles. The van der Waals surface area contributed by atoms with Crippen LogP contribution in [0.2, 0.25) is 0 Å². The Morgan fingerprint density at radius 2 is 1.97 bits per heavy atom. The Kier molecular flexibility index (Phi) is 4.98. The van der Waals surface area contributed by atoms with E-state index in [1.807, 2.05) is 18.2 Å². The topological polar surface area (TPSA) is 81.6 Å². The van der Waals surface area contributed by atoms with Crippen LogP contribution in [0.4, 0.5) is 13.2 Å². The van der Waals surface area contributed by atoms with Gasteiger partial charge in [-0.15, -0.1) is 10.2 Å². The number of para-hydroxylation sites is 1. The zero-order chi connectivity index (χ0) is 22.5. The average molecular weight is 442 g/mol. The zero-order valence-corrected chi connectivity index (χ0v) is 17.3. The molecule has 2 atom stereocenters. The van der Waals surface area contributed by atoms with Crippen molar-refractivity contribution in [2.75, 3.05) is 20.2 Å². The van der Waals surface area contributed by atoms with Gasteiger partial charge in [0.1, 0.15) is 23.0 Å². The van der Waals surface area contributed by atoms with Crippen LogP contribution in [0.15, 0.2) is 48.7 Å². The summed E-state index contributed by atoms with van der Waals surface area (Å²) in [6, 6.07) is 10.2. The number of fused-ring (bicyclic) bond motifs is 2. The van der Waals surface area contributed by atoms with Crippen LogP contribution < -0.4 is 10.5 Å². The van der Waals surface area contributed by atoms with Crippen LogP contribution in [-0.2, 0) is 0 Å². The highest BCUT2D eigenvalue weighted by atomic mass is 19.4. The lowest BCUT2D eigenvalue weighted by Crippen LogP contribution is -2.38. The number of rotatable bonds is 4. The van der Waals surface area contributed by atoms with E-state index in [0.29, 0.717) is 41.4 Å². The Labute approximate surface area is 181 Å².